The molecular formula is C13H21N3O2. The van der Waals surface area contributed by atoms with Gasteiger partial charge >= 0.3 is 0 Å². The molecule has 1 amide bonds. The number of pyridine rings is 1. The molecular weight excluding hydrogens is 230 g/mol. The molecule has 18 heavy (non-hydrogen) atoms. The minimum Gasteiger partial charge on any atom is -0.360 e. The third kappa shape index (κ3) is 5.63. The first-order valence-electron chi connectivity index (χ1n) is 6.29. The molecule has 0 aliphatic carbocycles. The Bertz CT molecular complexity index is 343. The lowest BCUT2D eigenvalue weighted by Crippen LogP contribution is -2.19. The van der Waals surface area contributed by atoms with E-state index in [4.69, 9.17) is 5.21 Å². The van der Waals surface area contributed by atoms with Crippen LogP contribution in [0.5, 0.6) is 0 Å². The van der Waals surface area contributed by atoms with Gasteiger partial charge in [0, 0.05) is 26.2 Å². The van der Waals surface area contributed by atoms with Crippen LogP contribution in [0.25, 0.3) is 0 Å². The van der Waals surface area contributed by atoms with Crippen LogP contribution in [0.3, 0.4) is 0 Å². The molecule has 0 unspecified atom stereocenters. The van der Waals surface area contributed by atoms with E-state index < -0.39 is 0 Å². The Morgan fingerprint density at radius 2 is 2.11 bits per heavy atom. The summed E-state index contributed by atoms with van der Waals surface area (Å²) in [5, 5.41) is 8.32. The normalized spacial score (nSPS) is 10.1. The highest BCUT2D eigenvalue weighted by molar-refractivity contribution is 5.74. The number of hydroxylamine groups is 1. The minimum atomic E-state index is -0.305. The van der Waals surface area contributed by atoms with E-state index in [0.29, 0.717) is 6.42 Å². The molecule has 0 spiro atoms. The maximum Gasteiger partial charge on any atom is 0.243 e. The van der Waals surface area contributed by atoms with Crippen molar-refractivity contribution in [2.45, 2.75) is 32.1 Å². The van der Waals surface area contributed by atoms with Gasteiger partial charge in [0.1, 0.15) is 5.82 Å². The van der Waals surface area contributed by atoms with Crippen LogP contribution in [0.4, 0.5) is 5.82 Å². The number of amides is 1. The zero-order chi connectivity index (χ0) is 13.2. The molecule has 0 aliphatic rings. The average Bonchev–Trinajstić information content (AvgIpc) is 2.43. The monoisotopic (exact) mass is 251 g/mol. The lowest BCUT2D eigenvalue weighted by atomic mass is 10.1. The van der Waals surface area contributed by atoms with E-state index in [0.717, 1.165) is 38.0 Å². The second-order valence-electron chi connectivity index (χ2n) is 4.31. The van der Waals surface area contributed by atoms with Crippen molar-refractivity contribution < 1.29 is 10.0 Å². The van der Waals surface area contributed by atoms with Gasteiger partial charge in [-0.05, 0) is 25.0 Å². The average molecular weight is 251 g/mol. The number of carbonyl (C=O) groups is 1. The van der Waals surface area contributed by atoms with Crippen molar-refractivity contribution in [1.29, 1.82) is 0 Å². The summed E-state index contributed by atoms with van der Waals surface area (Å²) in [7, 11) is 2.03. The number of anilines is 1. The maximum atomic E-state index is 10.8. The lowest BCUT2D eigenvalue weighted by Gasteiger charge is -2.17. The van der Waals surface area contributed by atoms with Crippen LogP contribution in [0.2, 0.25) is 0 Å². The highest BCUT2D eigenvalue weighted by atomic mass is 16.5. The summed E-state index contributed by atoms with van der Waals surface area (Å²) >= 11 is 0. The van der Waals surface area contributed by atoms with E-state index in [-0.39, 0.29) is 5.91 Å². The van der Waals surface area contributed by atoms with E-state index in [2.05, 4.69) is 9.88 Å². The number of nitrogens with one attached hydrogen (secondary N) is 1. The Morgan fingerprint density at radius 3 is 2.78 bits per heavy atom. The van der Waals surface area contributed by atoms with Crippen LogP contribution in [-0.2, 0) is 4.79 Å². The Kier molecular flexibility index (Phi) is 6.79. The Labute approximate surface area is 108 Å². The predicted molar refractivity (Wildman–Crippen MR) is 70.5 cm³/mol. The van der Waals surface area contributed by atoms with Gasteiger partial charge in [0.15, 0.2) is 0 Å². The van der Waals surface area contributed by atoms with Gasteiger partial charge in [-0.3, -0.25) is 10.0 Å². The molecule has 0 atom stereocenters. The van der Waals surface area contributed by atoms with Crippen molar-refractivity contribution in [1.82, 2.24) is 10.5 Å². The molecule has 0 aromatic carbocycles. The number of rotatable bonds is 8. The molecule has 0 fully saturated rings. The predicted octanol–water partition coefficient (Wildman–Crippen LogP) is 1.97. The third-order valence-electron chi connectivity index (χ3n) is 2.81. The van der Waals surface area contributed by atoms with Crippen LogP contribution >= 0.6 is 0 Å². The standard InChI is InChI=1S/C13H21N3O2/c1-16(12-8-5-6-10-14-12)11-7-3-2-4-9-13(17)15-18/h5-6,8,10,18H,2-4,7,9,11H2,1H3,(H,15,17). The Morgan fingerprint density at radius 1 is 1.33 bits per heavy atom. The second kappa shape index (κ2) is 8.47. The fraction of sp³-hybridized carbons (Fsp3) is 0.538. The van der Waals surface area contributed by atoms with E-state index in [1.807, 2.05) is 25.2 Å². The first kappa shape index (κ1) is 14.4. The maximum absolute atomic E-state index is 10.8. The summed E-state index contributed by atoms with van der Waals surface area (Å²) in [6.07, 6.45) is 6.17. The SMILES string of the molecule is CN(CCCCCCC(=O)NO)c1ccccn1. The molecule has 1 rings (SSSR count). The molecule has 5 heteroatoms. The molecule has 0 saturated carbocycles. The molecule has 0 saturated heterocycles. The van der Waals surface area contributed by atoms with Crippen molar-refractivity contribution in [3.05, 3.63) is 24.4 Å². The summed E-state index contributed by atoms with van der Waals surface area (Å²) in [5.74, 6) is 0.678. The van der Waals surface area contributed by atoms with Crippen LogP contribution in [0, 0.1) is 0 Å². The third-order valence-corrected chi connectivity index (χ3v) is 2.81. The van der Waals surface area contributed by atoms with Gasteiger partial charge in [-0.2, -0.15) is 0 Å². The summed E-state index contributed by atoms with van der Waals surface area (Å²) < 4.78 is 0. The number of hydrogen-bond acceptors (Lipinski definition) is 4. The van der Waals surface area contributed by atoms with E-state index in [1.165, 1.54) is 0 Å². The van der Waals surface area contributed by atoms with E-state index in [1.54, 1.807) is 11.7 Å². The smallest absolute Gasteiger partial charge is 0.243 e. The van der Waals surface area contributed by atoms with Crippen molar-refractivity contribution in [3.63, 3.8) is 0 Å². The number of unbranched alkanes of at least 4 members (excludes halogenated alkanes) is 3. The molecule has 1 aromatic heterocycles. The highest BCUT2D eigenvalue weighted by Crippen LogP contribution is 2.09. The largest absolute Gasteiger partial charge is 0.360 e. The van der Waals surface area contributed by atoms with Gasteiger partial charge in [-0.15, -0.1) is 0 Å². The van der Waals surface area contributed by atoms with Gasteiger partial charge in [0.25, 0.3) is 0 Å². The van der Waals surface area contributed by atoms with Crippen molar-refractivity contribution in [2.75, 3.05) is 18.5 Å². The van der Waals surface area contributed by atoms with Gasteiger partial charge in [0.2, 0.25) is 5.91 Å². The highest BCUT2D eigenvalue weighted by Gasteiger charge is 2.01. The minimum absolute atomic E-state index is 0.305. The van der Waals surface area contributed by atoms with E-state index in [9.17, 15) is 4.79 Å². The quantitative estimate of drug-likeness (QED) is 0.421. The molecule has 5 nitrogen and oxygen atoms in total. The molecule has 100 valence electrons. The lowest BCUT2D eigenvalue weighted by molar-refractivity contribution is -0.129. The van der Waals surface area contributed by atoms with Crippen molar-refractivity contribution in [3.8, 4) is 0 Å². The van der Waals surface area contributed by atoms with Gasteiger partial charge < -0.3 is 4.90 Å². The fourth-order valence-electron chi connectivity index (χ4n) is 1.74. The molecule has 2 N–H and O–H groups in total. The van der Waals surface area contributed by atoms with E-state index >= 15 is 0 Å². The number of aromatic nitrogens is 1. The zero-order valence-electron chi connectivity index (χ0n) is 10.8. The summed E-state index contributed by atoms with van der Waals surface area (Å²) in [4.78, 5) is 17.2. The zero-order valence-corrected chi connectivity index (χ0v) is 10.8. The molecule has 1 aromatic rings. The van der Waals surface area contributed by atoms with Gasteiger partial charge in [-0.1, -0.05) is 18.9 Å². The van der Waals surface area contributed by atoms with Crippen molar-refractivity contribution >= 4 is 11.7 Å². The van der Waals surface area contributed by atoms with Gasteiger partial charge in [0.05, 0.1) is 0 Å². The van der Waals surface area contributed by atoms with Crippen LogP contribution in [0.15, 0.2) is 24.4 Å². The fourth-order valence-corrected chi connectivity index (χ4v) is 1.74. The Balaban J connectivity index is 2.06. The second-order valence-corrected chi connectivity index (χ2v) is 4.31. The summed E-state index contributed by atoms with van der Waals surface area (Å²) in [6.45, 7) is 0.962. The van der Waals surface area contributed by atoms with Gasteiger partial charge in [-0.25, -0.2) is 10.5 Å². The number of nitrogens with zero attached hydrogens (tertiary/aromatic N) is 2. The first-order chi connectivity index (χ1) is 8.74. The number of carbonyl (C=O) groups excluding carboxylic acids is 1. The molecule has 0 bridgehead atoms. The Hall–Kier alpha value is -1.62. The molecule has 0 radical (unpaired) electrons. The molecule has 0 aliphatic heterocycles. The first-order valence-corrected chi connectivity index (χ1v) is 6.29. The van der Waals surface area contributed by atoms with Crippen LogP contribution in [0.1, 0.15) is 32.1 Å². The topological polar surface area (TPSA) is 65.5 Å². The molecule has 1 heterocycles. The van der Waals surface area contributed by atoms with Crippen molar-refractivity contribution in [2.24, 2.45) is 0 Å². The number of hydrogen-bond donors (Lipinski definition) is 2. The van der Waals surface area contributed by atoms with Crippen LogP contribution < -0.4 is 10.4 Å². The summed E-state index contributed by atoms with van der Waals surface area (Å²) in [5.41, 5.74) is 1.64. The summed E-state index contributed by atoms with van der Waals surface area (Å²) in [6, 6.07) is 5.88. The van der Waals surface area contributed by atoms with Crippen LogP contribution in [-0.4, -0.2) is 29.7 Å².